The van der Waals surface area contributed by atoms with Gasteiger partial charge in [0, 0.05) is 38.5 Å². The van der Waals surface area contributed by atoms with Crippen LogP contribution in [0.5, 0.6) is 0 Å². The summed E-state index contributed by atoms with van der Waals surface area (Å²) in [6.45, 7) is 2.11. The number of hydrogen-bond acceptors (Lipinski definition) is 5. The fraction of sp³-hybridized carbons (Fsp3) is 0.435. The Balaban J connectivity index is 0.000000479. The standard InChI is InChI=1S/C21H26N2O3.C2HF3O2/c1-25-16-21(24)23-11-9-20(26-15-18-8-5-10-22-13-18)19(14-23)12-17-6-3-2-4-7-17;3-2(4,5)1(6)7/h2-8,10,13,19-20H,9,11-12,14-16H2,1H3;(H,6,7)/t19-,20-;/m0./s1. The molecule has 1 saturated heterocycles. The predicted molar refractivity (Wildman–Crippen MR) is 113 cm³/mol. The van der Waals surface area contributed by atoms with E-state index in [4.69, 9.17) is 19.4 Å². The molecule has 0 aliphatic carbocycles. The molecule has 0 saturated carbocycles. The summed E-state index contributed by atoms with van der Waals surface area (Å²) in [5.74, 6) is -2.44. The average Bonchev–Trinajstić information content (AvgIpc) is 2.79. The summed E-state index contributed by atoms with van der Waals surface area (Å²) < 4.78 is 43.0. The molecular weight excluding hydrogens is 441 g/mol. The molecule has 1 aromatic heterocycles. The molecule has 2 heterocycles. The summed E-state index contributed by atoms with van der Waals surface area (Å²) in [6.07, 6.45) is 0.384. The van der Waals surface area contributed by atoms with Crippen LogP contribution >= 0.6 is 0 Å². The number of nitrogens with zero attached hydrogens (tertiary/aromatic N) is 2. The Kier molecular flexibility index (Phi) is 10.3. The molecule has 3 rings (SSSR count). The Morgan fingerprint density at radius 1 is 1.15 bits per heavy atom. The number of aromatic nitrogens is 1. The van der Waals surface area contributed by atoms with Crippen molar-refractivity contribution in [1.29, 1.82) is 0 Å². The summed E-state index contributed by atoms with van der Waals surface area (Å²) in [7, 11) is 1.56. The van der Waals surface area contributed by atoms with Gasteiger partial charge in [0.15, 0.2) is 0 Å². The number of hydrogen-bond donors (Lipinski definition) is 1. The molecule has 0 unspecified atom stereocenters. The lowest BCUT2D eigenvalue weighted by atomic mass is 9.88. The Bertz CT molecular complexity index is 865. The minimum Gasteiger partial charge on any atom is -0.475 e. The number of likely N-dealkylation sites (tertiary alicyclic amines) is 1. The van der Waals surface area contributed by atoms with Crippen molar-refractivity contribution >= 4 is 11.9 Å². The fourth-order valence-electron chi connectivity index (χ4n) is 3.47. The van der Waals surface area contributed by atoms with E-state index in [1.807, 2.05) is 29.3 Å². The van der Waals surface area contributed by atoms with Gasteiger partial charge >= 0.3 is 12.1 Å². The first-order valence-corrected chi connectivity index (χ1v) is 10.3. The van der Waals surface area contributed by atoms with E-state index in [2.05, 4.69) is 29.2 Å². The van der Waals surface area contributed by atoms with Crippen LogP contribution in [0.25, 0.3) is 0 Å². The average molecular weight is 468 g/mol. The number of rotatable bonds is 7. The maximum absolute atomic E-state index is 12.2. The first-order chi connectivity index (χ1) is 15.7. The SMILES string of the molecule is COCC(=O)N1CC[C@H](OCc2cccnc2)[C@@H](Cc2ccccc2)C1.O=C(O)C(F)(F)F. The van der Waals surface area contributed by atoms with Crippen molar-refractivity contribution in [1.82, 2.24) is 9.88 Å². The van der Waals surface area contributed by atoms with Gasteiger partial charge in [-0.05, 0) is 30.0 Å². The van der Waals surface area contributed by atoms with E-state index in [1.54, 1.807) is 13.3 Å². The lowest BCUT2D eigenvalue weighted by Crippen LogP contribution is -2.48. The molecule has 0 spiro atoms. The zero-order chi connectivity index (χ0) is 24.3. The number of piperidine rings is 1. The smallest absolute Gasteiger partial charge is 0.475 e. The second kappa shape index (κ2) is 12.9. The topological polar surface area (TPSA) is 89.0 Å². The molecule has 1 aromatic carbocycles. The molecule has 2 aromatic rings. The highest BCUT2D eigenvalue weighted by Crippen LogP contribution is 2.25. The number of aliphatic carboxylic acids is 1. The predicted octanol–water partition coefficient (Wildman–Crippen LogP) is 3.34. The first kappa shape index (κ1) is 26.3. The largest absolute Gasteiger partial charge is 0.490 e. The Morgan fingerprint density at radius 2 is 1.82 bits per heavy atom. The highest BCUT2D eigenvalue weighted by Gasteiger charge is 2.38. The number of carbonyl (C=O) groups excluding carboxylic acids is 1. The van der Waals surface area contributed by atoms with E-state index >= 15 is 0 Å². The molecule has 0 bridgehead atoms. The number of amides is 1. The van der Waals surface area contributed by atoms with Crippen LogP contribution in [0.15, 0.2) is 54.9 Å². The molecular formula is C23H27F3N2O5. The van der Waals surface area contributed by atoms with Crippen LogP contribution in [-0.4, -0.2) is 66.0 Å². The van der Waals surface area contributed by atoms with Crippen molar-refractivity contribution in [2.24, 2.45) is 5.92 Å². The van der Waals surface area contributed by atoms with Crippen molar-refractivity contribution in [3.8, 4) is 0 Å². The minimum absolute atomic E-state index is 0.0521. The van der Waals surface area contributed by atoms with Crippen molar-refractivity contribution < 1.29 is 37.3 Å². The molecule has 33 heavy (non-hydrogen) atoms. The molecule has 1 aliphatic heterocycles. The number of methoxy groups -OCH3 is 1. The van der Waals surface area contributed by atoms with Gasteiger partial charge in [-0.2, -0.15) is 13.2 Å². The number of halogens is 3. The number of pyridine rings is 1. The summed E-state index contributed by atoms with van der Waals surface area (Å²) in [6, 6.07) is 14.3. The van der Waals surface area contributed by atoms with Crippen LogP contribution < -0.4 is 0 Å². The third kappa shape index (κ3) is 9.19. The van der Waals surface area contributed by atoms with Crippen LogP contribution in [0.4, 0.5) is 13.2 Å². The minimum atomic E-state index is -5.08. The maximum atomic E-state index is 12.2. The fourth-order valence-corrected chi connectivity index (χ4v) is 3.47. The van der Waals surface area contributed by atoms with Gasteiger partial charge < -0.3 is 19.5 Å². The first-order valence-electron chi connectivity index (χ1n) is 10.3. The van der Waals surface area contributed by atoms with E-state index < -0.39 is 12.1 Å². The molecule has 0 radical (unpaired) electrons. The highest BCUT2D eigenvalue weighted by atomic mass is 19.4. The second-order valence-corrected chi connectivity index (χ2v) is 7.52. The molecule has 1 aliphatic rings. The summed E-state index contributed by atoms with van der Waals surface area (Å²) in [5, 5.41) is 7.12. The molecule has 180 valence electrons. The van der Waals surface area contributed by atoms with Crippen LogP contribution in [0.1, 0.15) is 17.5 Å². The van der Waals surface area contributed by atoms with Crippen LogP contribution in [0, 0.1) is 5.92 Å². The van der Waals surface area contributed by atoms with Gasteiger partial charge in [-0.1, -0.05) is 36.4 Å². The van der Waals surface area contributed by atoms with E-state index in [1.165, 1.54) is 5.56 Å². The third-order valence-corrected chi connectivity index (χ3v) is 5.05. The van der Waals surface area contributed by atoms with E-state index in [9.17, 15) is 18.0 Å². The van der Waals surface area contributed by atoms with Crippen LogP contribution in [0.3, 0.4) is 0 Å². The van der Waals surface area contributed by atoms with Gasteiger partial charge in [0.05, 0.1) is 12.7 Å². The summed E-state index contributed by atoms with van der Waals surface area (Å²) in [5.41, 5.74) is 2.34. The zero-order valence-electron chi connectivity index (χ0n) is 18.2. The number of carbonyl (C=O) groups is 2. The highest BCUT2D eigenvalue weighted by molar-refractivity contribution is 5.77. The van der Waals surface area contributed by atoms with Gasteiger partial charge in [0.2, 0.25) is 5.91 Å². The van der Waals surface area contributed by atoms with Gasteiger partial charge in [0.25, 0.3) is 0 Å². The number of carboxylic acid groups (broad SMARTS) is 1. The van der Waals surface area contributed by atoms with Crippen molar-refractivity contribution in [2.75, 3.05) is 26.8 Å². The van der Waals surface area contributed by atoms with Crippen molar-refractivity contribution in [3.63, 3.8) is 0 Å². The lowest BCUT2D eigenvalue weighted by Gasteiger charge is -2.38. The number of alkyl halides is 3. The van der Waals surface area contributed by atoms with Crippen LogP contribution in [-0.2, 0) is 32.1 Å². The molecule has 1 fully saturated rings. The number of benzene rings is 1. The van der Waals surface area contributed by atoms with E-state index in [0.717, 1.165) is 18.4 Å². The summed E-state index contributed by atoms with van der Waals surface area (Å²) >= 11 is 0. The second-order valence-electron chi connectivity index (χ2n) is 7.52. The van der Waals surface area contributed by atoms with E-state index in [-0.39, 0.29) is 24.5 Å². The lowest BCUT2D eigenvalue weighted by molar-refractivity contribution is -0.192. The third-order valence-electron chi connectivity index (χ3n) is 5.05. The Morgan fingerprint density at radius 3 is 2.39 bits per heavy atom. The quantitative estimate of drug-likeness (QED) is 0.671. The molecule has 7 nitrogen and oxygen atoms in total. The molecule has 10 heteroatoms. The van der Waals surface area contributed by atoms with Gasteiger partial charge in [-0.15, -0.1) is 0 Å². The maximum Gasteiger partial charge on any atom is 0.490 e. The Hall–Kier alpha value is -2.98. The number of carboxylic acids is 1. The molecule has 2 atom stereocenters. The Labute approximate surface area is 190 Å². The zero-order valence-corrected chi connectivity index (χ0v) is 18.2. The van der Waals surface area contributed by atoms with Gasteiger partial charge in [-0.25, -0.2) is 4.79 Å². The van der Waals surface area contributed by atoms with E-state index in [0.29, 0.717) is 19.7 Å². The normalized spacial score (nSPS) is 18.2. The monoisotopic (exact) mass is 468 g/mol. The summed E-state index contributed by atoms with van der Waals surface area (Å²) in [4.78, 5) is 27.2. The van der Waals surface area contributed by atoms with Crippen LogP contribution in [0.2, 0.25) is 0 Å². The molecule has 1 amide bonds. The van der Waals surface area contributed by atoms with Gasteiger partial charge in [0.1, 0.15) is 6.61 Å². The van der Waals surface area contributed by atoms with Crippen molar-refractivity contribution in [2.45, 2.75) is 31.7 Å². The van der Waals surface area contributed by atoms with Gasteiger partial charge in [-0.3, -0.25) is 9.78 Å². The van der Waals surface area contributed by atoms with Crippen molar-refractivity contribution in [3.05, 3.63) is 66.0 Å². The number of ether oxygens (including phenoxy) is 2. The molecule has 1 N–H and O–H groups in total.